The molecule has 0 aliphatic carbocycles. The number of rotatable bonds is 8. The Morgan fingerprint density at radius 1 is 1.15 bits per heavy atom. The summed E-state index contributed by atoms with van der Waals surface area (Å²) >= 11 is 0. The minimum Gasteiger partial charge on any atom is -0.467 e. The number of nitrogens with one attached hydrogen (secondary N) is 2. The highest BCUT2D eigenvalue weighted by Gasteiger charge is 2.07. The average molecular weight is 352 g/mol. The molecule has 7 heteroatoms. The Bertz CT molecular complexity index is 830. The third-order valence-electron chi connectivity index (χ3n) is 4.17. The molecule has 7 nitrogen and oxygen atoms in total. The number of aromatic nitrogens is 3. The van der Waals surface area contributed by atoms with Crippen molar-refractivity contribution in [2.24, 2.45) is 0 Å². The Kier molecular flexibility index (Phi) is 5.68. The summed E-state index contributed by atoms with van der Waals surface area (Å²) in [5, 5.41) is 14.5. The molecular weight excluding hydrogens is 328 g/mol. The van der Waals surface area contributed by atoms with Crippen LogP contribution in [0.3, 0.4) is 0 Å². The topological polar surface area (TPSA) is 79.1 Å². The van der Waals surface area contributed by atoms with E-state index >= 15 is 0 Å². The zero-order chi connectivity index (χ0) is 18.4. The van der Waals surface area contributed by atoms with Crippen molar-refractivity contribution in [3.8, 4) is 0 Å². The maximum Gasteiger partial charge on any atom is 0.249 e. The fraction of sp³-hybridized carbons (Fsp3) is 0.316. The number of furan rings is 1. The van der Waals surface area contributed by atoms with E-state index in [-0.39, 0.29) is 0 Å². The molecule has 0 amide bonds. The second-order valence-electron chi connectivity index (χ2n) is 5.89. The summed E-state index contributed by atoms with van der Waals surface area (Å²) in [4.78, 5) is 6.76. The van der Waals surface area contributed by atoms with Gasteiger partial charge in [-0.2, -0.15) is 10.1 Å². The molecule has 0 bridgehead atoms. The van der Waals surface area contributed by atoms with Gasteiger partial charge in [-0.15, -0.1) is 5.10 Å². The highest BCUT2D eigenvalue weighted by atomic mass is 16.3. The lowest BCUT2D eigenvalue weighted by atomic mass is 10.1. The Balaban J connectivity index is 1.69. The fourth-order valence-corrected chi connectivity index (χ4v) is 2.73. The highest BCUT2D eigenvalue weighted by molar-refractivity contribution is 5.64. The molecule has 1 aromatic carbocycles. The first-order valence-corrected chi connectivity index (χ1v) is 8.78. The first-order chi connectivity index (χ1) is 12.7. The summed E-state index contributed by atoms with van der Waals surface area (Å²) in [6.45, 7) is 8.90. The van der Waals surface area contributed by atoms with Gasteiger partial charge in [0.2, 0.25) is 5.95 Å². The van der Waals surface area contributed by atoms with Crippen LogP contribution in [0.25, 0.3) is 0 Å². The molecular formula is C19H24N6O. The van der Waals surface area contributed by atoms with Crippen molar-refractivity contribution in [2.45, 2.75) is 27.3 Å². The lowest BCUT2D eigenvalue weighted by Gasteiger charge is -2.22. The van der Waals surface area contributed by atoms with Crippen molar-refractivity contribution >= 4 is 23.1 Å². The van der Waals surface area contributed by atoms with Gasteiger partial charge >= 0.3 is 0 Å². The van der Waals surface area contributed by atoms with Crippen LogP contribution in [-0.2, 0) is 6.54 Å². The van der Waals surface area contributed by atoms with Gasteiger partial charge in [0, 0.05) is 24.5 Å². The number of anilines is 4. The van der Waals surface area contributed by atoms with Gasteiger partial charge in [-0.05, 0) is 56.7 Å². The molecule has 2 heterocycles. The molecule has 0 radical (unpaired) electrons. The second-order valence-corrected chi connectivity index (χ2v) is 5.89. The Labute approximate surface area is 153 Å². The molecule has 0 spiro atoms. The maximum absolute atomic E-state index is 5.30. The van der Waals surface area contributed by atoms with Gasteiger partial charge in [0.05, 0.1) is 19.0 Å². The maximum atomic E-state index is 5.30. The van der Waals surface area contributed by atoms with E-state index in [4.69, 9.17) is 4.42 Å². The van der Waals surface area contributed by atoms with Crippen molar-refractivity contribution in [1.29, 1.82) is 0 Å². The van der Waals surface area contributed by atoms with Gasteiger partial charge in [-0.25, -0.2) is 0 Å². The number of nitrogens with zero attached hydrogens (tertiary/aromatic N) is 4. The molecule has 0 aliphatic heterocycles. The Hall–Kier alpha value is -3.09. The van der Waals surface area contributed by atoms with E-state index in [0.29, 0.717) is 18.3 Å². The molecule has 3 rings (SSSR count). The van der Waals surface area contributed by atoms with Crippen LogP contribution in [-0.4, -0.2) is 28.3 Å². The van der Waals surface area contributed by atoms with Crippen LogP contribution in [0.4, 0.5) is 23.1 Å². The SMILES string of the molecule is CCN(CC)c1ccc(Nc2nncc(NCc3ccco3)n2)c(C)c1. The molecule has 26 heavy (non-hydrogen) atoms. The number of hydrogen-bond donors (Lipinski definition) is 2. The van der Waals surface area contributed by atoms with Crippen molar-refractivity contribution in [2.75, 3.05) is 28.6 Å². The van der Waals surface area contributed by atoms with Crippen LogP contribution in [0, 0.1) is 6.92 Å². The van der Waals surface area contributed by atoms with E-state index in [2.05, 4.69) is 69.7 Å². The normalized spacial score (nSPS) is 10.6. The van der Waals surface area contributed by atoms with Crippen LogP contribution in [0.2, 0.25) is 0 Å². The van der Waals surface area contributed by atoms with Crippen LogP contribution in [0.5, 0.6) is 0 Å². The molecule has 3 aromatic rings. The van der Waals surface area contributed by atoms with Gasteiger partial charge in [-0.3, -0.25) is 0 Å². The van der Waals surface area contributed by atoms with Crippen LogP contribution < -0.4 is 15.5 Å². The molecule has 0 aliphatic rings. The first kappa shape index (κ1) is 17.7. The van der Waals surface area contributed by atoms with Gasteiger partial charge in [0.1, 0.15) is 5.76 Å². The summed E-state index contributed by atoms with van der Waals surface area (Å²) < 4.78 is 5.30. The summed E-state index contributed by atoms with van der Waals surface area (Å²) in [7, 11) is 0. The Morgan fingerprint density at radius 2 is 2.00 bits per heavy atom. The molecule has 2 aromatic heterocycles. The van der Waals surface area contributed by atoms with Crippen LogP contribution >= 0.6 is 0 Å². The molecule has 0 fully saturated rings. The third-order valence-corrected chi connectivity index (χ3v) is 4.17. The quantitative estimate of drug-likeness (QED) is 0.635. The van der Waals surface area contributed by atoms with E-state index in [1.165, 1.54) is 5.69 Å². The summed E-state index contributed by atoms with van der Waals surface area (Å²) in [6.07, 6.45) is 3.23. The van der Waals surface area contributed by atoms with Crippen molar-refractivity contribution in [1.82, 2.24) is 15.2 Å². The van der Waals surface area contributed by atoms with E-state index in [9.17, 15) is 0 Å². The molecule has 0 atom stereocenters. The van der Waals surface area contributed by atoms with E-state index < -0.39 is 0 Å². The predicted molar refractivity (Wildman–Crippen MR) is 104 cm³/mol. The van der Waals surface area contributed by atoms with E-state index in [0.717, 1.165) is 30.1 Å². The van der Waals surface area contributed by atoms with Gasteiger partial charge < -0.3 is 20.0 Å². The van der Waals surface area contributed by atoms with E-state index in [1.807, 2.05) is 12.1 Å². The Morgan fingerprint density at radius 3 is 2.69 bits per heavy atom. The summed E-state index contributed by atoms with van der Waals surface area (Å²) in [5.74, 6) is 1.92. The van der Waals surface area contributed by atoms with Crippen LogP contribution in [0.15, 0.2) is 47.2 Å². The molecule has 0 saturated carbocycles. The highest BCUT2D eigenvalue weighted by Crippen LogP contribution is 2.24. The van der Waals surface area contributed by atoms with Crippen LogP contribution in [0.1, 0.15) is 25.2 Å². The number of aryl methyl sites for hydroxylation is 1. The van der Waals surface area contributed by atoms with Crippen molar-refractivity contribution in [3.63, 3.8) is 0 Å². The van der Waals surface area contributed by atoms with Gasteiger partial charge in [-0.1, -0.05) is 0 Å². The molecule has 0 unspecified atom stereocenters. The first-order valence-electron chi connectivity index (χ1n) is 8.78. The fourth-order valence-electron chi connectivity index (χ4n) is 2.73. The predicted octanol–water partition coefficient (Wildman–Crippen LogP) is 3.97. The lowest BCUT2D eigenvalue weighted by Crippen LogP contribution is -2.21. The average Bonchev–Trinajstić information content (AvgIpc) is 3.17. The zero-order valence-electron chi connectivity index (χ0n) is 15.4. The van der Waals surface area contributed by atoms with Crippen molar-refractivity contribution < 1.29 is 4.42 Å². The largest absolute Gasteiger partial charge is 0.467 e. The molecule has 136 valence electrons. The van der Waals surface area contributed by atoms with E-state index in [1.54, 1.807) is 12.5 Å². The van der Waals surface area contributed by atoms with Crippen molar-refractivity contribution in [3.05, 3.63) is 54.1 Å². The van der Waals surface area contributed by atoms with Gasteiger partial charge in [0.25, 0.3) is 0 Å². The second kappa shape index (κ2) is 8.33. The number of hydrogen-bond acceptors (Lipinski definition) is 7. The minimum absolute atomic E-state index is 0.452. The minimum atomic E-state index is 0.452. The molecule has 0 saturated heterocycles. The zero-order valence-corrected chi connectivity index (χ0v) is 15.4. The third kappa shape index (κ3) is 4.30. The molecule has 2 N–H and O–H groups in total. The monoisotopic (exact) mass is 352 g/mol. The number of benzene rings is 1. The van der Waals surface area contributed by atoms with Gasteiger partial charge in [0.15, 0.2) is 5.82 Å². The summed E-state index contributed by atoms with van der Waals surface area (Å²) in [5.41, 5.74) is 3.31. The lowest BCUT2D eigenvalue weighted by molar-refractivity contribution is 0.517. The standard InChI is InChI=1S/C19H24N6O/c1-4-25(5-2)15-8-9-17(14(3)11-15)22-19-23-18(13-21-24-19)20-12-16-7-6-10-26-16/h6-11,13H,4-5,12H2,1-3H3,(H2,20,22,23,24). The smallest absolute Gasteiger partial charge is 0.249 e. The summed E-state index contributed by atoms with van der Waals surface area (Å²) in [6, 6.07) is 10.1.